The first-order chi connectivity index (χ1) is 8.87. The van der Waals surface area contributed by atoms with Crippen LogP contribution in [0.3, 0.4) is 0 Å². The second-order valence-corrected chi connectivity index (χ2v) is 5.91. The minimum atomic E-state index is -4.15. The van der Waals surface area contributed by atoms with Gasteiger partial charge >= 0.3 is 6.18 Å². The number of hydrogen-bond acceptors (Lipinski definition) is 2. The zero-order valence-electron chi connectivity index (χ0n) is 10.9. The van der Waals surface area contributed by atoms with Gasteiger partial charge in [-0.2, -0.15) is 13.2 Å². The summed E-state index contributed by atoms with van der Waals surface area (Å²) < 4.78 is 38.1. The predicted molar refractivity (Wildman–Crippen MR) is 65.3 cm³/mol. The number of nitrogens with two attached hydrogens (primary N) is 1. The van der Waals surface area contributed by atoms with Crippen LogP contribution in [-0.4, -0.2) is 24.7 Å². The lowest BCUT2D eigenvalue weighted by atomic mass is 9.68. The summed E-state index contributed by atoms with van der Waals surface area (Å²) >= 11 is 0. The Morgan fingerprint density at radius 3 is 2.42 bits per heavy atom. The lowest BCUT2D eigenvalue weighted by molar-refractivity contribution is -0.184. The third-order valence-electron chi connectivity index (χ3n) is 4.66. The third-order valence-corrected chi connectivity index (χ3v) is 4.66. The van der Waals surface area contributed by atoms with Gasteiger partial charge in [-0.3, -0.25) is 4.79 Å². The summed E-state index contributed by atoms with van der Waals surface area (Å²) in [4.78, 5) is 12.1. The Morgan fingerprint density at radius 1 is 1.26 bits per heavy atom. The van der Waals surface area contributed by atoms with E-state index in [1.54, 1.807) is 0 Å². The minimum Gasteiger partial charge on any atom is -0.353 e. The maximum Gasteiger partial charge on any atom is 0.391 e. The number of nitrogens with one attached hydrogen (secondary N) is 1. The van der Waals surface area contributed by atoms with E-state index in [-0.39, 0.29) is 31.3 Å². The van der Waals surface area contributed by atoms with Gasteiger partial charge in [-0.1, -0.05) is 12.8 Å². The molecule has 0 heterocycles. The quantitative estimate of drug-likeness (QED) is 0.832. The molecule has 0 aromatic rings. The van der Waals surface area contributed by atoms with Crippen LogP contribution in [0, 0.1) is 11.3 Å². The first-order valence-electron chi connectivity index (χ1n) is 6.95. The molecule has 3 N–H and O–H groups in total. The number of amides is 1. The fraction of sp³-hybridized carbons (Fsp3) is 0.923. The average Bonchev–Trinajstić information content (AvgIpc) is 2.27. The van der Waals surface area contributed by atoms with Gasteiger partial charge in [0, 0.05) is 12.6 Å². The van der Waals surface area contributed by atoms with Gasteiger partial charge in [0.15, 0.2) is 0 Å². The number of alkyl halides is 3. The Kier molecular flexibility index (Phi) is 4.08. The van der Waals surface area contributed by atoms with E-state index in [0.29, 0.717) is 12.8 Å². The fourth-order valence-electron chi connectivity index (χ4n) is 3.08. The molecule has 0 bridgehead atoms. The van der Waals surface area contributed by atoms with Crippen LogP contribution in [0.2, 0.25) is 0 Å². The molecule has 3 nitrogen and oxygen atoms in total. The standard InChI is InChI=1S/C13H21F3N2O/c14-13(15,16)9-3-1-4-10(7-9)18-11(19)12(8-17)5-2-6-12/h9-10H,1-8,17H2,(H,18,19). The van der Waals surface area contributed by atoms with Crippen molar-refractivity contribution in [1.82, 2.24) is 5.32 Å². The van der Waals surface area contributed by atoms with Crippen LogP contribution in [0.5, 0.6) is 0 Å². The van der Waals surface area contributed by atoms with Gasteiger partial charge < -0.3 is 11.1 Å². The van der Waals surface area contributed by atoms with E-state index >= 15 is 0 Å². The average molecular weight is 278 g/mol. The molecule has 0 aliphatic heterocycles. The molecule has 2 saturated carbocycles. The van der Waals surface area contributed by atoms with E-state index in [0.717, 1.165) is 19.3 Å². The van der Waals surface area contributed by atoms with Gasteiger partial charge in [0.25, 0.3) is 0 Å². The molecule has 2 atom stereocenters. The lowest BCUT2D eigenvalue weighted by Crippen LogP contribution is -2.53. The van der Waals surface area contributed by atoms with Crippen molar-refractivity contribution in [2.75, 3.05) is 6.54 Å². The first kappa shape index (κ1) is 14.6. The molecule has 2 aliphatic carbocycles. The molecular weight excluding hydrogens is 257 g/mol. The maximum absolute atomic E-state index is 12.7. The van der Waals surface area contributed by atoms with Crippen molar-refractivity contribution in [1.29, 1.82) is 0 Å². The highest BCUT2D eigenvalue weighted by atomic mass is 19.4. The summed E-state index contributed by atoms with van der Waals surface area (Å²) in [7, 11) is 0. The molecule has 2 rings (SSSR count). The van der Waals surface area contributed by atoms with E-state index in [1.165, 1.54) is 0 Å². The Bertz CT molecular complexity index is 334. The Morgan fingerprint density at radius 2 is 1.95 bits per heavy atom. The van der Waals surface area contributed by atoms with Crippen molar-refractivity contribution in [3.8, 4) is 0 Å². The Balaban J connectivity index is 1.90. The van der Waals surface area contributed by atoms with Crippen molar-refractivity contribution in [2.45, 2.75) is 57.2 Å². The molecule has 2 aliphatic rings. The molecule has 0 saturated heterocycles. The van der Waals surface area contributed by atoms with Gasteiger partial charge in [-0.15, -0.1) is 0 Å². The molecule has 2 unspecified atom stereocenters. The normalized spacial score (nSPS) is 30.5. The summed E-state index contributed by atoms with van der Waals surface area (Å²) in [5.41, 5.74) is 5.12. The van der Waals surface area contributed by atoms with Crippen LogP contribution in [0.25, 0.3) is 0 Å². The van der Waals surface area contributed by atoms with Crippen LogP contribution < -0.4 is 11.1 Å². The van der Waals surface area contributed by atoms with Crippen LogP contribution in [0.1, 0.15) is 44.9 Å². The lowest BCUT2D eigenvalue weighted by Gasteiger charge is -2.41. The Labute approximate surface area is 111 Å². The van der Waals surface area contributed by atoms with E-state index in [2.05, 4.69) is 5.32 Å². The SMILES string of the molecule is NCC1(C(=O)NC2CCCC(C(F)(F)F)C2)CCC1. The predicted octanol–water partition coefficient (Wildman–Crippen LogP) is 2.35. The smallest absolute Gasteiger partial charge is 0.353 e. The van der Waals surface area contributed by atoms with E-state index < -0.39 is 17.5 Å². The molecule has 6 heteroatoms. The van der Waals surface area contributed by atoms with Crippen LogP contribution >= 0.6 is 0 Å². The van der Waals surface area contributed by atoms with Crippen LogP contribution in [-0.2, 0) is 4.79 Å². The van der Waals surface area contributed by atoms with Crippen LogP contribution in [0.15, 0.2) is 0 Å². The molecule has 0 aromatic carbocycles. The van der Waals surface area contributed by atoms with Crippen molar-refractivity contribution < 1.29 is 18.0 Å². The summed E-state index contributed by atoms with van der Waals surface area (Å²) in [6.07, 6.45) is -0.321. The van der Waals surface area contributed by atoms with E-state index in [9.17, 15) is 18.0 Å². The monoisotopic (exact) mass is 278 g/mol. The number of rotatable bonds is 3. The van der Waals surface area contributed by atoms with Crippen molar-refractivity contribution in [2.24, 2.45) is 17.1 Å². The maximum atomic E-state index is 12.7. The fourth-order valence-corrected chi connectivity index (χ4v) is 3.08. The summed E-state index contributed by atoms with van der Waals surface area (Å²) in [6, 6.07) is -0.350. The largest absolute Gasteiger partial charge is 0.391 e. The number of carbonyl (C=O) groups excluding carboxylic acids is 1. The van der Waals surface area contributed by atoms with Gasteiger partial charge in [0.2, 0.25) is 5.91 Å². The van der Waals surface area contributed by atoms with E-state index in [4.69, 9.17) is 5.73 Å². The molecule has 0 radical (unpaired) electrons. The second kappa shape index (κ2) is 5.31. The van der Waals surface area contributed by atoms with Gasteiger partial charge in [0.05, 0.1) is 11.3 Å². The van der Waals surface area contributed by atoms with Crippen molar-refractivity contribution in [3.63, 3.8) is 0 Å². The molecule has 1 amide bonds. The molecule has 110 valence electrons. The highest BCUT2D eigenvalue weighted by Gasteiger charge is 2.46. The highest BCUT2D eigenvalue weighted by Crippen LogP contribution is 2.41. The summed E-state index contributed by atoms with van der Waals surface area (Å²) in [5.74, 6) is -1.42. The number of carbonyl (C=O) groups is 1. The van der Waals surface area contributed by atoms with Crippen molar-refractivity contribution >= 4 is 5.91 Å². The number of hydrogen-bond donors (Lipinski definition) is 2. The summed E-state index contributed by atoms with van der Waals surface area (Å²) in [6.45, 7) is 0.286. The van der Waals surface area contributed by atoms with E-state index in [1.807, 2.05) is 0 Å². The summed E-state index contributed by atoms with van der Waals surface area (Å²) in [5, 5.41) is 2.80. The highest BCUT2D eigenvalue weighted by molar-refractivity contribution is 5.84. The first-order valence-corrected chi connectivity index (χ1v) is 6.95. The third kappa shape index (κ3) is 3.04. The topological polar surface area (TPSA) is 55.1 Å². The zero-order chi connectivity index (χ0) is 14.1. The van der Waals surface area contributed by atoms with Crippen LogP contribution in [0.4, 0.5) is 13.2 Å². The number of halogens is 3. The molecular formula is C13H21F3N2O. The molecule has 2 fully saturated rings. The minimum absolute atomic E-state index is 0.00981. The molecule has 0 spiro atoms. The zero-order valence-corrected chi connectivity index (χ0v) is 10.9. The second-order valence-electron chi connectivity index (χ2n) is 5.91. The van der Waals surface area contributed by atoms with Gasteiger partial charge in [0.1, 0.15) is 0 Å². The van der Waals surface area contributed by atoms with Crippen molar-refractivity contribution in [3.05, 3.63) is 0 Å². The van der Waals surface area contributed by atoms with Gasteiger partial charge in [-0.25, -0.2) is 0 Å². The Hall–Kier alpha value is -0.780. The van der Waals surface area contributed by atoms with Gasteiger partial charge in [-0.05, 0) is 32.1 Å². The molecule has 19 heavy (non-hydrogen) atoms. The molecule has 0 aromatic heterocycles.